The lowest BCUT2D eigenvalue weighted by molar-refractivity contribution is -0.122. The first-order valence-corrected chi connectivity index (χ1v) is 9.38. The molecule has 1 saturated heterocycles. The zero-order valence-corrected chi connectivity index (χ0v) is 12.0. The lowest BCUT2D eigenvalue weighted by Crippen LogP contribution is -2.50. The molecule has 0 saturated carbocycles. The molecule has 0 aromatic heterocycles. The fourth-order valence-electron chi connectivity index (χ4n) is 3.35. The Hall–Kier alpha value is -1.09. The molecule has 1 amide bonds. The van der Waals surface area contributed by atoms with Crippen molar-refractivity contribution in [2.24, 2.45) is 5.92 Å². The molecular weight excluding hydrogens is 226 g/mol. The quantitative estimate of drug-likeness (QED) is 0.797. The number of carbonyl (C=O) groups is 1. The highest BCUT2D eigenvalue weighted by Gasteiger charge is 2.47. The second kappa shape index (κ2) is 4.30. The molecule has 17 heavy (non-hydrogen) atoms. The van der Waals surface area contributed by atoms with Crippen molar-refractivity contribution in [3.8, 4) is 0 Å². The lowest BCUT2D eigenvalue weighted by Gasteiger charge is -2.34. The fourth-order valence-corrected chi connectivity index (χ4v) is 7.52. The van der Waals surface area contributed by atoms with Gasteiger partial charge in [0, 0.05) is 12.0 Å². The summed E-state index contributed by atoms with van der Waals surface area (Å²) in [5.41, 5.74) is 0.484. The van der Waals surface area contributed by atoms with E-state index in [9.17, 15) is 4.79 Å². The van der Waals surface area contributed by atoms with E-state index in [1.54, 1.807) is 0 Å². The van der Waals surface area contributed by atoms with Crippen LogP contribution in [-0.4, -0.2) is 20.0 Å². The number of rotatable bonds is 2. The van der Waals surface area contributed by atoms with Gasteiger partial charge in [0.2, 0.25) is 5.91 Å². The minimum atomic E-state index is -1.60. The Morgan fingerprint density at radius 2 is 1.71 bits per heavy atom. The average molecular weight is 247 g/mol. The van der Waals surface area contributed by atoms with Crippen LogP contribution in [0.1, 0.15) is 13.8 Å². The Morgan fingerprint density at radius 1 is 1.12 bits per heavy atom. The number of hydrogen-bond acceptors (Lipinski definition) is 1. The molecule has 92 valence electrons. The van der Waals surface area contributed by atoms with E-state index >= 15 is 0 Å². The number of amides is 1. The third-order valence-electron chi connectivity index (χ3n) is 4.21. The van der Waals surface area contributed by atoms with Crippen LogP contribution in [0.2, 0.25) is 18.6 Å². The van der Waals surface area contributed by atoms with Crippen molar-refractivity contribution < 1.29 is 4.79 Å². The van der Waals surface area contributed by atoms with Gasteiger partial charge in [0.05, 0.1) is 8.07 Å². The predicted molar refractivity (Wildman–Crippen MR) is 74.1 cm³/mol. The minimum Gasteiger partial charge on any atom is -0.353 e. The highest BCUT2D eigenvalue weighted by Crippen LogP contribution is 2.37. The van der Waals surface area contributed by atoms with Crippen LogP contribution in [0.5, 0.6) is 0 Å². The number of carbonyl (C=O) groups excluding carboxylic acids is 1. The van der Waals surface area contributed by atoms with Crippen molar-refractivity contribution in [1.82, 2.24) is 5.32 Å². The van der Waals surface area contributed by atoms with Gasteiger partial charge in [-0.2, -0.15) is 0 Å². The molecule has 1 fully saturated rings. The monoisotopic (exact) mass is 247 g/mol. The molecule has 1 heterocycles. The summed E-state index contributed by atoms with van der Waals surface area (Å²) in [4.78, 5) is 11.8. The summed E-state index contributed by atoms with van der Waals surface area (Å²) < 4.78 is 0. The highest BCUT2D eigenvalue weighted by molar-refractivity contribution is 6.91. The number of nitrogens with one attached hydrogen (secondary N) is 1. The number of benzene rings is 1. The van der Waals surface area contributed by atoms with Crippen LogP contribution in [0.3, 0.4) is 0 Å². The Morgan fingerprint density at radius 3 is 2.18 bits per heavy atom. The van der Waals surface area contributed by atoms with E-state index in [-0.39, 0.29) is 11.8 Å². The summed E-state index contributed by atoms with van der Waals surface area (Å²) in [5.74, 6) is 0.367. The van der Waals surface area contributed by atoms with Crippen LogP contribution in [0, 0.1) is 5.92 Å². The molecule has 1 aromatic rings. The maximum Gasteiger partial charge on any atom is 0.223 e. The van der Waals surface area contributed by atoms with Crippen molar-refractivity contribution >= 4 is 19.2 Å². The number of hydrogen-bond donors (Lipinski definition) is 1. The van der Waals surface area contributed by atoms with Crippen LogP contribution in [-0.2, 0) is 4.79 Å². The second-order valence-electron chi connectivity index (χ2n) is 5.70. The molecule has 3 heteroatoms. The minimum absolute atomic E-state index is 0.145. The molecule has 0 aliphatic carbocycles. The highest BCUT2D eigenvalue weighted by atomic mass is 28.3. The maximum absolute atomic E-state index is 11.8. The van der Waals surface area contributed by atoms with Gasteiger partial charge in [-0.05, 0) is 12.5 Å². The largest absolute Gasteiger partial charge is 0.353 e. The Bertz CT molecular complexity index is 415. The van der Waals surface area contributed by atoms with Crippen molar-refractivity contribution in [3.63, 3.8) is 0 Å². The molecule has 2 rings (SSSR count). The third kappa shape index (κ3) is 2.04. The third-order valence-corrected chi connectivity index (χ3v) is 8.70. The van der Waals surface area contributed by atoms with E-state index in [1.807, 2.05) is 0 Å². The first-order chi connectivity index (χ1) is 7.94. The van der Waals surface area contributed by atoms with E-state index < -0.39 is 8.07 Å². The second-order valence-corrected chi connectivity index (χ2v) is 10.4. The zero-order valence-electron chi connectivity index (χ0n) is 11.0. The standard InChI is InChI=1S/C14H21NOSi/c1-10-13(11(2)15-14(10)16)17(3,4)12-8-6-5-7-9-12/h5-11,13H,1-4H3,(H,15,16)/t10-,11-,13+/m1/s1. The molecule has 0 bridgehead atoms. The fraction of sp³-hybridized carbons (Fsp3) is 0.500. The normalized spacial score (nSPS) is 29.2. The molecule has 0 radical (unpaired) electrons. The summed E-state index contributed by atoms with van der Waals surface area (Å²) in [6, 6.07) is 11.0. The summed E-state index contributed by atoms with van der Waals surface area (Å²) in [6.45, 7) is 8.96. The van der Waals surface area contributed by atoms with Gasteiger partial charge in [-0.1, -0.05) is 55.5 Å². The molecule has 0 unspecified atom stereocenters. The van der Waals surface area contributed by atoms with Gasteiger partial charge in [0.1, 0.15) is 0 Å². The zero-order chi connectivity index (χ0) is 12.6. The van der Waals surface area contributed by atoms with Gasteiger partial charge >= 0.3 is 0 Å². The van der Waals surface area contributed by atoms with E-state index in [2.05, 4.69) is 62.6 Å². The smallest absolute Gasteiger partial charge is 0.223 e. The lowest BCUT2D eigenvalue weighted by atomic mass is 10.1. The SMILES string of the molecule is C[C@H]1NC(=O)[C@H](C)[C@@H]1[Si](C)(C)c1ccccc1. The van der Waals surface area contributed by atoms with E-state index in [1.165, 1.54) is 5.19 Å². The predicted octanol–water partition coefficient (Wildman–Crippen LogP) is 2.13. The summed E-state index contributed by atoms with van der Waals surface area (Å²) >= 11 is 0. The molecule has 0 spiro atoms. The average Bonchev–Trinajstić information content (AvgIpc) is 2.54. The molecular formula is C14H21NOSi. The van der Waals surface area contributed by atoms with Crippen molar-refractivity contribution in [1.29, 1.82) is 0 Å². The van der Waals surface area contributed by atoms with Crippen molar-refractivity contribution in [2.45, 2.75) is 38.5 Å². The molecule has 1 aliphatic rings. The first kappa shape index (κ1) is 12.4. The molecule has 1 aliphatic heterocycles. The van der Waals surface area contributed by atoms with Gasteiger partial charge in [0.15, 0.2) is 0 Å². The topological polar surface area (TPSA) is 29.1 Å². The van der Waals surface area contributed by atoms with Gasteiger partial charge in [-0.15, -0.1) is 0 Å². The maximum atomic E-state index is 11.8. The molecule has 3 atom stereocenters. The van der Waals surface area contributed by atoms with Crippen LogP contribution >= 0.6 is 0 Å². The summed E-state index contributed by atoms with van der Waals surface area (Å²) in [6.07, 6.45) is 0. The summed E-state index contributed by atoms with van der Waals surface area (Å²) in [7, 11) is -1.60. The van der Waals surface area contributed by atoms with E-state index in [0.29, 0.717) is 11.6 Å². The first-order valence-electron chi connectivity index (χ1n) is 6.30. The summed E-state index contributed by atoms with van der Waals surface area (Å²) in [5, 5.41) is 4.53. The van der Waals surface area contributed by atoms with Crippen LogP contribution in [0.25, 0.3) is 0 Å². The van der Waals surface area contributed by atoms with Gasteiger partial charge in [-0.3, -0.25) is 4.79 Å². The van der Waals surface area contributed by atoms with Gasteiger partial charge in [0.25, 0.3) is 0 Å². The molecule has 2 nitrogen and oxygen atoms in total. The van der Waals surface area contributed by atoms with Crippen molar-refractivity contribution in [2.75, 3.05) is 0 Å². The van der Waals surface area contributed by atoms with Crippen LogP contribution < -0.4 is 10.5 Å². The Labute approximate surface area is 104 Å². The van der Waals surface area contributed by atoms with Gasteiger partial charge < -0.3 is 5.32 Å². The van der Waals surface area contributed by atoms with Crippen molar-refractivity contribution in [3.05, 3.63) is 30.3 Å². The Balaban J connectivity index is 2.36. The van der Waals surface area contributed by atoms with Gasteiger partial charge in [-0.25, -0.2) is 0 Å². The molecule has 1 N–H and O–H groups in total. The van der Waals surface area contributed by atoms with E-state index in [4.69, 9.17) is 0 Å². The Kier molecular flexibility index (Phi) is 3.12. The molecule has 1 aromatic carbocycles. The van der Waals surface area contributed by atoms with Crippen LogP contribution in [0.4, 0.5) is 0 Å². The van der Waals surface area contributed by atoms with Crippen LogP contribution in [0.15, 0.2) is 30.3 Å². The van der Waals surface area contributed by atoms with E-state index in [0.717, 1.165) is 0 Å².